The van der Waals surface area contributed by atoms with E-state index in [0.717, 1.165) is 50.2 Å². The second-order valence-electron chi connectivity index (χ2n) is 6.85. The Morgan fingerprint density at radius 3 is 2.32 bits per heavy atom. The topological polar surface area (TPSA) is 53.1 Å². The van der Waals surface area contributed by atoms with Gasteiger partial charge in [0.05, 0.1) is 0 Å². The Labute approximate surface area is 150 Å². The van der Waals surface area contributed by atoms with E-state index in [-0.39, 0.29) is 0 Å². The van der Waals surface area contributed by atoms with Gasteiger partial charge in [-0.1, -0.05) is 60.7 Å². The van der Waals surface area contributed by atoms with Crippen LogP contribution >= 0.6 is 0 Å². The van der Waals surface area contributed by atoms with Crippen molar-refractivity contribution < 1.29 is 0 Å². The molecule has 0 radical (unpaired) electrons. The largest absolute Gasteiger partial charge is 0.401 e. The fourth-order valence-electron chi connectivity index (χ4n) is 3.61. The fraction of sp³-hybridized carbons (Fsp3) is 0.318. The van der Waals surface area contributed by atoms with E-state index in [9.17, 15) is 0 Å². The molecule has 0 saturated carbocycles. The summed E-state index contributed by atoms with van der Waals surface area (Å²) in [5.74, 6) is 0.345. The van der Waals surface area contributed by atoms with Gasteiger partial charge in [-0.3, -0.25) is 4.90 Å². The van der Waals surface area contributed by atoms with Crippen LogP contribution in [0.4, 0.5) is 0 Å². The van der Waals surface area contributed by atoms with Crippen LogP contribution in [0.3, 0.4) is 0 Å². The highest BCUT2D eigenvalue weighted by atomic mass is 15.1. The molecule has 0 amide bonds. The predicted molar refractivity (Wildman–Crippen MR) is 105 cm³/mol. The zero-order chi connectivity index (χ0) is 17.5. The van der Waals surface area contributed by atoms with Crippen molar-refractivity contribution in [3.05, 3.63) is 83.1 Å². The summed E-state index contributed by atoms with van der Waals surface area (Å²) in [5, 5.41) is 7.81. The normalized spacial score (nSPS) is 19.3. The van der Waals surface area contributed by atoms with Gasteiger partial charge in [0.2, 0.25) is 0 Å². The van der Waals surface area contributed by atoms with Crippen LogP contribution in [0.1, 0.15) is 24.0 Å². The van der Waals surface area contributed by atoms with Crippen LogP contribution < -0.4 is 5.73 Å². The average Bonchev–Trinajstić information content (AvgIpc) is 2.67. The number of hydrogen-bond donors (Lipinski definition) is 2. The minimum Gasteiger partial charge on any atom is -0.401 e. The number of likely N-dealkylation sites (tertiary alicyclic amines) is 1. The highest BCUT2D eigenvalue weighted by Crippen LogP contribution is 2.25. The first-order chi connectivity index (χ1) is 12.3. The average molecular weight is 333 g/mol. The summed E-state index contributed by atoms with van der Waals surface area (Å²) in [7, 11) is 0. The van der Waals surface area contributed by atoms with Gasteiger partial charge in [-0.25, -0.2) is 0 Å². The maximum atomic E-state index is 7.81. The number of nitrogens with one attached hydrogen (secondary N) is 1. The van der Waals surface area contributed by atoms with Crippen molar-refractivity contribution in [2.24, 2.45) is 11.7 Å². The molecule has 1 saturated heterocycles. The molecule has 0 spiro atoms. The SMILES string of the molecule is N=C/C(Cc1ccccc1)=C(\N)C1CCCN(Cc2ccccc2)C1. The van der Waals surface area contributed by atoms with Crippen molar-refractivity contribution in [2.75, 3.05) is 13.1 Å². The third-order valence-corrected chi connectivity index (χ3v) is 4.98. The Hall–Kier alpha value is -2.39. The summed E-state index contributed by atoms with van der Waals surface area (Å²) in [6, 6.07) is 20.9. The molecule has 1 unspecified atom stereocenters. The van der Waals surface area contributed by atoms with E-state index in [1.54, 1.807) is 0 Å². The van der Waals surface area contributed by atoms with Crippen LogP contribution in [0.5, 0.6) is 0 Å². The smallest absolute Gasteiger partial charge is 0.0233 e. The third kappa shape index (κ3) is 4.80. The van der Waals surface area contributed by atoms with E-state index in [2.05, 4.69) is 47.4 Å². The first kappa shape index (κ1) is 17.4. The molecule has 3 nitrogen and oxygen atoms in total. The lowest BCUT2D eigenvalue weighted by Gasteiger charge is -2.33. The zero-order valence-electron chi connectivity index (χ0n) is 14.7. The number of piperidine rings is 1. The van der Waals surface area contributed by atoms with Crippen molar-refractivity contribution in [1.82, 2.24) is 4.90 Å². The van der Waals surface area contributed by atoms with E-state index in [0.29, 0.717) is 5.92 Å². The Bertz CT molecular complexity index is 707. The second-order valence-corrected chi connectivity index (χ2v) is 6.85. The summed E-state index contributed by atoms with van der Waals surface area (Å²) in [6.45, 7) is 3.08. The van der Waals surface area contributed by atoms with Crippen molar-refractivity contribution in [1.29, 1.82) is 5.41 Å². The maximum absolute atomic E-state index is 7.81. The van der Waals surface area contributed by atoms with Gasteiger partial charge in [0.15, 0.2) is 0 Å². The van der Waals surface area contributed by atoms with Gasteiger partial charge >= 0.3 is 0 Å². The molecule has 25 heavy (non-hydrogen) atoms. The molecule has 2 aromatic rings. The van der Waals surface area contributed by atoms with Crippen LogP contribution in [-0.2, 0) is 13.0 Å². The maximum Gasteiger partial charge on any atom is 0.0233 e. The Kier molecular flexibility index (Phi) is 6.02. The van der Waals surface area contributed by atoms with Gasteiger partial charge in [0.25, 0.3) is 0 Å². The van der Waals surface area contributed by atoms with Crippen molar-refractivity contribution in [3.63, 3.8) is 0 Å². The summed E-state index contributed by atoms with van der Waals surface area (Å²) >= 11 is 0. The minimum absolute atomic E-state index is 0.345. The molecule has 3 rings (SSSR count). The zero-order valence-corrected chi connectivity index (χ0v) is 14.7. The minimum atomic E-state index is 0.345. The number of benzene rings is 2. The molecule has 3 N–H and O–H groups in total. The summed E-state index contributed by atoms with van der Waals surface area (Å²) in [4.78, 5) is 2.49. The Morgan fingerprint density at radius 2 is 1.68 bits per heavy atom. The second kappa shape index (κ2) is 8.63. The molecule has 1 atom stereocenters. The van der Waals surface area contributed by atoms with Gasteiger partial charge < -0.3 is 11.1 Å². The predicted octanol–water partition coefficient (Wildman–Crippen LogP) is 4.00. The molecule has 3 heteroatoms. The highest BCUT2D eigenvalue weighted by Gasteiger charge is 2.23. The van der Waals surface area contributed by atoms with Gasteiger partial charge in [-0.05, 0) is 36.1 Å². The highest BCUT2D eigenvalue weighted by molar-refractivity contribution is 5.77. The lowest BCUT2D eigenvalue weighted by atomic mass is 9.90. The lowest BCUT2D eigenvalue weighted by Crippen LogP contribution is -2.37. The molecule has 1 fully saturated rings. The van der Waals surface area contributed by atoms with Crippen molar-refractivity contribution >= 4 is 6.21 Å². The Morgan fingerprint density at radius 1 is 1.04 bits per heavy atom. The van der Waals surface area contributed by atoms with Crippen LogP contribution in [0.2, 0.25) is 0 Å². The van der Waals surface area contributed by atoms with Gasteiger partial charge in [-0.15, -0.1) is 0 Å². The molecule has 1 aliphatic heterocycles. The van der Waals surface area contributed by atoms with E-state index >= 15 is 0 Å². The van der Waals surface area contributed by atoms with Crippen LogP contribution in [0, 0.1) is 11.3 Å². The fourth-order valence-corrected chi connectivity index (χ4v) is 3.61. The van der Waals surface area contributed by atoms with Crippen LogP contribution in [0.25, 0.3) is 0 Å². The monoisotopic (exact) mass is 333 g/mol. The summed E-state index contributed by atoms with van der Waals surface area (Å²) in [6.07, 6.45) is 4.46. The molecular formula is C22H27N3. The molecule has 130 valence electrons. The number of allylic oxidation sites excluding steroid dienone is 1. The molecule has 0 bridgehead atoms. The number of rotatable bonds is 6. The van der Waals surface area contributed by atoms with Crippen LogP contribution in [-0.4, -0.2) is 24.2 Å². The lowest BCUT2D eigenvalue weighted by molar-refractivity contribution is 0.183. The van der Waals surface area contributed by atoms with E-state index in [1.807, 2.05) is 18.2 Å². The molecule has 2 aromatic carbocycles. The first-order valence-electron chi connectivity index (χ1n) is 9.05. The summed E-state index contributed by atoms with van der Waals surface area (Å²) < 4.78 is 0. The third-order valence-electron chi connectivity index (χ3n) is 4.98. The van der Waals surface area contributed by atoms with Crippen molar-refractivity contribution in [3.8, 4) is 0 Å². The van der Waals surface area contributed by atoms with Crippen LogP contribution in [0.15, 0.2) is 71.9 Å². The number of hydrogen-bond acceptors (Lipinski definition) is 3. The molecule has 1 aliphatic rings. The van der Waals surface area contributed by atoms with E-state index < -0.39 is 0 Å². The van der Waals surface area contributed by atoms with Crippen molar-refractivity contribution in [2.45, 2.75) is 25.8 Å². The standard InChI is InChI=1S/C22H27N3/c23-15-21(14-18-8-3-1-4-9-18)22(24)20-12-7-13-25(17-20)16-19-10-5-2-6-11-19/h1-6,8-11,15,20,23H,7,12-14,16-17,24H2/b22-21-,23-15?. The first-order valence-corrected chi connectivity index (χ1v) is 9.05. The Balaban J connectivity index is 1.69. The van der Waals surface area contributed by atoms with Gasteiger partial charge in [0.1, 0.15) is 0 Å². The quantitative estimate of drug-likeness (QED) is 0.785. The number of nitrogens with two attached hydrogens (primary N) is 1. The van der Waals surface area contributed by atoms with Gasteiger partial charge in [-0.2, -0.15) is 0 Å². The van der Waals surface area contributed by atoms with Gasteiger partial charge in [0, 0.05) is 37.3 Å². The van der Waals surface area contributed by atoms with E-state index in [1.165, 1.54) is 17.3 Å². The molecular weight excluding hydrogens is 306 g/mol. The molecule has 0 aromatic heterocycles. The number of nitrogens with zero attached hydrogens (tertiary/aromatic N) is 1. The molecule has 1 heterocycles. The van der Waals surface area contributed by atoms with E-state index in [4.69, 9.17) is 11.1 Å². The summed E-state index contributed by atoms with van der Waals surface area (Å²) in [5.41, 5.74) is 10.9. The molecule has 0 aliphatic carbocycles.